The van der Waals surface area contributed by atoms with Crippen LogP contribution in [-0.4, -0.2) is 73.6 Å². The van der Waals surface area contributed by atoms with Crippen molar-refractivity contribution in [2.45, 2.75) is 31.2 Å². The number of urea groups is 1. The minimum absolute atomic E-state index is 0.0430. The second-order valence-electron chi connectivity index (χ2n) is 8.08. The van der Waals surface area contributed by atoms with Gasteiger partial charge in [0.15, 0.2) is 5.78 Å². The van der Waals surface area contributed by atoms with Gasteiger partial charge in [0.2, 0.25) is 0 Å². The highest BCUT2D eigenvalue weighted by molar-refractivity contribution is 5.81. The summed E-state index contributed by atoms with van der Waals surface area (Å²) in [7, 11) is 1.82. The number of likely N-dealkylation sites (tertiary alicyclic amines) is 2. The highest BCUT2D eigenvalue weighted by Gasteiger charge is 2.41. The van der Waals surface area contributed by atoms with Crippen LogP contribution in [0.1, 0.15) is 18.4 Å². The van der Waals surface area contributed by atoms with E-state index in [-0.39, 0.29) is 36.5 Å². The predicted molar refractivity (Wildman–Crippen MR) is 99.6 cm³/mol. The molecule has 0 unspecified atom stereocenters. The van der Waals surface area contributed by atoms with Crippen LogP contribution in [0, 0.1) is 5.92 Å². The number of fused-ring (bicyclic) bond motifs is 1. The summed E-state index contributed by atoms with van der Waals surface area (Å²) in [6.45, 7) is 2.38. The molecule has 29 heavy (non-hydrogen) atoms. The Balaban J connectivity index is 1.30. The van der Waals surface area contributed by atoms with Gasteiger partial charge in [-0.25, -0.2) is 4.79 Å². The van der Waals surface area contributed by atoms with Crippen molar-refractivity contribution >= 4 is 17.5 Å². The number of likely N-dealkylation sites (N-methyl/N-ethyl adjacent to an activating group) is 1. The number of amides is 2. The van der Waals surface area contributed by atoms with E-state index in [0.717, 1.165) is 18.6 Å². The summed E-state index contributed by atoms with van der Waals surface area (Å²) in [5.74, 6) is 0.156. The molecule has 2 atom stereocenters. The van der Waals surface area contributed by atoms with Crippen molar-refractivity contribution in [3.63, 3.8) is 0 Å². The molecule has 3 fully saturated rings. The molecule has 2 amide bonds. The molecule has 0 bridgehead atoms. The van der Waals surface area contributed by atoms with Gasteiger partial charge in [0, 0.05) is 51.3 Å². The van der Waals surface area contributed by atoms with Crippen molar-refractivity contribution in [2.75, 3.05) is 44.7 Å². The molecule has 1 aromatic carbocycles. The van der Waals surface area contributed by atoms with E-state index in [1.807, 2.05) is 11.9 Å². The van der Waals surface area contributed by atoms with Crippen molar-refractivity contribution in [1.82, 2.24) is 9.80 Å². The van der Waals surface area contributed by atoms with Crippen LogP contribution in [-0.2, 0) is 15.7 Å². The van der Waals surface area contributed by atoms with E-state index in [1.54, 1.807) is 9.80 Å². The molecule has 6 nitrogen and oxygen atoms in total. The van der Waals surface area contributed by atoms with Gasteiger partial charge >= 0.3 is 12.2 Å². The fraction of sp³-hybridized carbons (Fsp3) is 0.600. The van der Waals surface area contributed by atoms with Crippen LogP contribution in [0.3, 0.4) is 0 Å². The average Bonchev–Trinajstić information content (AvgIpc) is 2.65. The Kier molecular flexibility index (Phi) is 5.18. The molecule has 0 aromatic heterocycles. The van der Waals surface area contributed by atoms with Gasteiger partial charge in [-0.15, -0.1) is 0 Å². The van der Waals surface area contributed by atoms with Gasteiger partial charge in [0.1, 0.15) is 6.61 Å². The summed E-state index contributed by atoms with van der Waals surface area (Å²) < 4.78 is 43.7. The summed E-state index contributed by atoms with van der Waals surface area (Å²) in [5.41, 5.74) is 0.0161. The van der Waals surface area contributed by atoms with Crippen LogP contribution in [0.25, 0.3) is 0 Å². The number of ketones is 1. The van der Waals surface area contributed by atoms with Crippen molar-refractivity contribution < 1.29 is 27.5 Å². The standard InChI is InChI=1S/C20H24F3N3O3/c1-24(15-4-2-14(3-5-15)20(21,22)23)16-10-26(11-16)19(28)25-7-6-18-13(9-25)8-17(27)12-29-18/h2-5,13,16,18H,6-12H2,1H3/t13-,18+/m1/s1. The molecule has 3 heterocycles. The van der Waals surface area contributed by atoms with Gasteiger partial charge in [-0.1, -0.05) is 0 Å². The fourth-order valence-electron chi connectivity index (χ4n) is 4.30. The SMILES string of the molecule is CN(c1ccc(C(F)(F)F)cc1)C1CN(C(=O)N2CC[C@@H]3OCC(=O)C[C@@H]3C2)C1. The first kappa shape index (κ1) is 20.0. The number of benzene rings is 1. The van der Waals surface area contributed by atoms with E-state index in [2.05, 4.69) is 0 Å². The fourth-order valence-corrected chi connectivity index (χ4v) is 4.30. The normalized spacial score (nSPS) is 25.4. The molecule has 0 radical (unpaired) electrons. The van der Waals surface area contributed by atoms with Crippen LogP contribution in [0.5, 0.6) is 0 Å². The molecule has 3 aliphatic rings. The van der Waals surface area contributed by atoms with Gasteiger partial charge in [0.25, 0.3) is 0 Å². The summed E-state index contributed by atoms with van der Waals surface area (Å²) in [4.78, 5) is 29.8. The topological polar surface area (TPSA) is 53.1 Å². The first-order valence-corrected chi connectivity index (χ1v) is 9.79. The Morgan fingerprint density at radius 2 is 1.83 bits per heavy atom. The number of carbonyl (C=O) groups is 2. The number of halogens is 3. The third-order valence-electron chi connectivity index (χ3n) is 6.17. The number of hydrogen-bond donors (Lipinski definition) is 0. The Labute approximate surface area is 167 Å². The first-order chi connectivity index (χ1) is 13.7. The molecule has 9 heteroatoms. The number of alkyl halides is 3. The third-order valence-corrected chi connectivity index (χ3v) is 6.17. The number of carbonyl (C=O) groups excluding carboxylic acids is 2. The zero-order valence-electron chi connectivity index (χ0n) is 16.2. The molecule has 0 spiro atoms. The number of ether oxygens (including phenoxy) is 1. The zero-order chi connectivity index (χ0) is 20.8. The third kappa shape index (κ3) is 4.05. The smallest absolute Gasteiger partial charge is 0.370 e. The Bertz CT molecular complexity index is 777. The first-order valence-electron chi connectivity index (χ1n) is 9.79. The van der Waals surface area contributed by atoms with Crippen molar-refractivity contribution in [3.05, 3.63) is 29.8 Å². The monoisotopic (exact) mass is 411 g/mol. The molecule has 1 aromatic rings. The maximum absolute atomic E-state index is 12.8. The summed E-state index contributed by atoms with van der Waals surface area (Å²) >= 11 is 0. The van der Waals surface area contributed by atoms with Crippen molar-refractivity contribution in [2.24, 2.45) is 5.92 Å². The number of rotatable bonds is 2. The minimum atomic E-state index is -4.35. The molecule has 158 valence electrons. The average molecular weight is 411 g/mol. The number of anilines is 1. The maximum atomic E-state index is 12.8. The molecule has 0 aliphatic carbocycles. The largest absolute Gasteiger partial charge is 0.416 e. The molecular formula is C20H24F3N3O3. The van der Waals surface area contributed by atoms with E-state index in [4.69, 9.17) is 4.74 Å². The van der Waals surface area contributed by atoms with Gasteiger partial charge in [-0.05, 0) is 30.7 Å². The summed E-state index contributed by atoms with van der Waals surface area (Å²) in [6, 6.07) is 5.08. The lowest BCUT2D eigenvalue weighted by atomic mass is 9.88. The maximum Gasteiger partial charge on any atom is 0.416 e. The van der Waals surface area contributed by atoms with Crippen LogP contribution in [0.15, 0.2) is 24.3 Å². The number of Topliss-reactive ketones (excluding diaryl/α,β-unsaturated/α-hetero) is 1. The molecule has 0 saturated carbocycles. The number of hydrogen-bond acceptors (Lipinski definition) is 4. The van der Waals surface area contributed by atoms with Crippen molar-refractivity contribution in [1.29, 1.82) is 0 Å². The molecule has 0 N–H and O–H groups in total. The van der Waals surface area contributed by atoms with E-state index in [0.29, 0.717) is 38.3 Å². The lowest BCUT2D eigenvalue weighted by Crippen LogP contribution is -2.64. The zero-order valence-corrected chi connectivity index (χ0v) is 16.2. The van der Waals surface area contributed by atoms with E-state index in [1.165, 1.54) is 12.1 Å². The van der Waals surface area contributed by atoms with Crippen LogP contribution in [0.2, 0.25) is 0 Å². The summed E-state index contributed by atoms with van der Waals surface area (Å²) in [5, 5.41) is 0. The van der Waals surface area contributed by atoms with E-state index < -0.39 is 11.7 Å². The molecular weight excluding hydrogens is 387 g/mol. The van der Waals surface area contributed by atoms with Crippen LogP contribution >= 0.6 is 0 Å². The predicted octanol–water partition coefficient (Wildman–Crippen LogP) is 2.63. The Hall–Kier alpha value is -2.29. The second-order valence-corrected chi connectivity index (χ2v) is 8.08. The lowest BCUT2D eigenvalue weighted by Gasteiger charge is -2.48. The Morgan fingerprint density at radius 1 is 1.14 bits per heavy atom. The van der Waals surface area contributed by atoms with E-state index in [9.17, 15) is 22.8 Å². The van der Waals surface area contributed by atoms with E-state index >= 15 is 0 Å². The summed E-state index contributed by atoms with van der Waals surface area (Å²) in [6.07, 6.45) is -3.08. The van der Waals surface area contributed by atoms with Crippen LogP contribution < -0.4 is 4.90 Å². The van der Waals surface area contributed by atoms with Gasteiger partial charge in [0.05, 0.1) is 17.7 Å². The highest BCUT2D eigenvalue weighted by Crippen LogP contribution is 2.32. The quantitative estimate of drug-likeness (QED) is 0.751. The second kappa shape index (κ2) is 7.51. The number of piperidine rings is 1. The molecule has 3 saturated heterocycles. The lowest BCUT2D eigenvalue weighted by molar-refractivity contribution is -0.140. The van der Waals surface area contributed by atoms with Gasteiger partial charge in [-0.2, -0.15) is 13.2 Å². The van der Waals surface area contributed by atoms with Crippen molar-refractivity contribution in [3.8, 4) is 0 Å². The van der Waals surface area contributed by atoms with Crippen LogP contribution in [0.4, 0.5) is 23.7 Å². The van der Waals surface area contributed by atoms with Gasteiger partial charge < -0.3 is 19.4 Å². The molecule has 4 rings (SSSR count). The highest BCUT2D eigenvalue weighted by atomic mass is 19.4. The minimum Gasteiger partial charge on any atom is -0.370 e. The number of nitrogens with zero attached hydrogens (tertiary/aromatic N) is 3. The molecule has 3 aliphatic heterocycles. The Morgan fingerprint density at radius 3 is 2.48 bits per heavy atom. The van der Waals surface area contributed by atoms with Gasteiger partial charge in [-0.3, -0.25) is 4.79 Å².